The van der Waals surface area contributed by atoms with Crippen LogP contribution < -0.4 is 0 Å². The first-order valence-corrected chi connectivity index (χ1v) is 2.39. The van der Waals surface area contributed by atoms with Crippen molar-refractivity contribution in [3.8, 4) is 0 Å². The van der Waals surface area contributed by atoms with Gasteiger partial charge in [-0.05, 0) is 12.8 Å². The van der Waals surface area contributed by atoms with Crippen molar-refractivity contribution in [3.63, 3.8) is 0 Å². The third kappa shape index (κ3) is 0.765. The Hall–Kier alpha value is -0.455. The molecule has 0 aromatic rings. The molecule has 1 fully saturated rings. The van der Waals surface area contributed by atoms with Gasteiger partial charge in [0.15, 0.2) is 0 Å². The fourth-order valence-electron chi connectivity index (χ4n) is 0.708. The molecule has 0 saturated heterocycles. The van der Waals surface area contributed by atoms with Crippen molar-refractivity contribution in [1.82, 2.24) is 0 Å². The van der Waals surface area contributed by atoms with Crippen molar-refractivity contribution in [1.29, 1.82) is 0 Å². The van der Waals surface area contributed by atoms with Crippen LogP contribution in [0.5, 0.6) is 0 Å². The Morgan fingerprint density at radius 3 is 2.29 bits per heavy atom. The molecule has 0 aliphatic heterocycles. The van der Waals surface area contributed by atoms with Gasteiger partial charge in [0.25, 0.3) is 0 Å². The molecule has 1 aliphatic carbocycles. The summed E-state index contributed by atoms with van der Waals surface area (Å²) in [4.78, 5) is 0. The molecule has 1 saturated carbocycles. The minimum absolute atomic E-state index is 1.04. The molecule has 0 bridgehead atoms. The number of rotatable bonds is 0. The second-order valence-corrected chi connectivity index (χ2v) is 1.93. The Bertz CT molecular complexity index is 112. The molecule has 0 nitrogen and oxygen atoms in total. The molecule has 0 amide bonds. The van der Waals surface area contributed by atoms with Crippen molar-refractivity contribution >= 4 is 7.85 Å². The summed E-state index contributed by atoms with van der Waals surface area (Å²) in [6.07, 6.45) is 2.08. The maximum atomic E-state index is 5.19. The van der Waals surface area contributed by atoms with Crippen LogP contribution in [-0.2, 0) is 0 Å². The van der Waals surface area contributed by atoms with E-state index < -0.39 is 0 Å². The molecular weight excluding hydrogens is 82.9 g/mol. The van der Waals surface area contributed by atoms with Gasteiger partial charge in [0.05, 0.1) is 0 Å². The second kappa shape index (κ2) is 1.57. The zero-order valence-corrected chi connectivity index (χ0v) is 4.28. The summed E-state index contributed by atoms with van der Waals surface area (Å²) < 4.78 is 0. The summed E-state index contributed by atoms with van der Waals surface area (Å²) >= 11 is 0. The fourth-order valence-corrected chi connectivity index (χ4v) is 0.708. The predicted molar refractivity (Wildman–Crippen MR) is 32.2 cm³/mol. The van der Waals surface area contributed by atoms with Gasteiger partial charge in [-0.25, -0.2) is 0 Å². The highest BCUT2D eigenvalue weighted by molar-refractivity contribution is 6.17. The lowest BCUT2D eigenvalue weighted by Gasteiger charge is -2.19. The van der Waals surface area contributed by atoms with Crippen LogP contribution in [-0.4, -0.2) is 7.85 Å². The van der Waals surface area contributed by atoms with E-state index in [9.17, 15) is 0 Å². The summed E-state index contributed by atoms with van der Waals surface area (Å²) in [7, 11) is 5.19. The highest BCUT2D eigenvalue weighted by atomic mass is 14.1. The Morgan fingerprint density at radius 2 is 2.14 bits per heavy atom. The molecule has 0 atom stereocenters. The van der Waals surface area contributed by atoms with E-state index in [2.05, 4.69) is 6.58 Å². The number of allylic oxidation sites excluding steroid dienone is 2. The number of hydrogen-bond acceptors (Lipinski definition) is 0. The Labute approximate surface area is 45.3 Å². The first kappa shape index (κ1) is 4.70. The summed E-state index contributed by atoms with van der Waals surface area (Å²) in [6.45, 7) is 3.76. The van der Waals surface area contributed by atoms with E-state index in [4.69, 9.17) is 7.85 Å². The molecule has 0 spiro atoms. The standard InChI is InChI=1S/C6H7B/c1-5-2-6(3-5)4-7/h4H,1-3H2. The highest BCUT2D eigenvalue weighted by Gasteiger charge is 2.09. The molecule has 0 aromatic heterocycles. The van der Waals surface area contributed by atoms with Gasteiger partial charge in [0.1, 0.15) is 7.85 Å². The Kier molecular flexibility index (Phi) is 1.05. The van der Waals surface area contributed by atoms with E-state index in [1.54, 1.807) is 5.98 Å². The second-order valence-electron chi connectivity index (χ2n) is 1.93. The Balaban J connectivity index is 2.44. The summed E-state index contributed by atoms with van der Waals surface area (Å²) in [6, 6.07) is 0. The van der Waals surface area contributed by atoms with Gasteiger partial charge < -0.3 is 0 Å². The van der Waals surface area contributed by atoms with Gasteiger partial charge >= 0.3 is 0 Å². The van der Waals surface area contributed by atoms with E-state index in [1.807, 2.05) is 0 Å². The molecule has 2 radical (unpaired) electrons. The van der Waals surface area contributed by atoms with Crippen LogP contribution in [0.4, 0.5) is 0 Å². The minimum Gasteiger partial charge on any atom is -0.132 e. The molecule has 0 unspecified atom stereocenters. The third-order valence-corrected chi connectivity index (χ3v) is 1.19. The van der Waals surface area contributed by atoms with Crippen molar-refractivity contribution in [2.24, 2.45) is 0 Å². The van der Waals surface area contributed by atoms with Crippen LogP contribution in [0.15, 0.2) is 23.7 Å². The van der Waals surface area contributed by atoms with Crippen molar-refractivity contribution in [2.45, 2.75) is 12.8 Å². The van der Waals surface area contributed by atoms with Gasteiger partial charge in [-0.3, -0.25) is 0 Å². The molecule has 1 aliphatic rings. The van der Waals surface area contributed by atoms with E-state index in [0.717, 1.165) is 12.8 Å². The van der Waals surface area contributed by atoms with Gasteiger partial charge in [-0.15, -0.1) is 5.98 Å². The van der Waals surface area contributed by atoms with Gasteiger partial charge in [-0.2, -0.15) is 0 Å². The zero-order chi connectivity index (χ0) is 5.28. The maximum absolute atomic E-state index is 5.19. The van der Waals surface area contributed by atoms with Crippen molar-refractivity contribution in [2.75, 3.05) is 0 Å². The van der Waals surface area contributed by atoms with E-state index in [0.29, 0.717) is 0 Å². The van der Waals surface area contributed by atoms with Gasteiger partial charge in [0.2, 0.25) is 0 Å². The fraction of sp³-hybridized carbons (Fsp3) is 0.333. The summed E-state index contributed by atoms with van der Waals surface area (Å²) in [5.41, 5.74) is 2.63. The molecule has 7 heavy (non-hydrogen) atoms. The summed E-state index contributed by atoms with van der Waals surface area (Å²) in [5.74, 6) is 1.68. The van der Waals surface area contributed by atoms with Crippen LogP contribution >= 0.6 is 0 Å². The first-order chi connectivity index (χ1) is 3.33. The molecule has 34 valence electrons. The molecule has 0 heterocycles. The van der Waals surface area contributed by atoms with E-state index >= 15 is 0 Å². The van der Waals surface area contributed by atoms with Crippen LogP contribution in [0.3, 0.4) is 0 Å². The first-order valence-electron chi connectivity index (χ1n) is 2.39. The highest BCUT2D eigenvalue weighted by Crippen LogP contribution is 2.29. The monoisotopic (exact) mass is 90.1 g/mol. The van der Waals surface area contributed by atoms with E-state index in [-0.39, 0.29) is 0 Å². The zero-order valence-electron chi connectivity index (χ0n) is 4.28. The van der Waals surface area contributed by atoms with E-state index in [1.165, 1.54) is 11.1 Å². The van der Waals surface area contributed by atoms with Crippen LogP contribution in [0.25, 0.3) is 0 Å². The average Bonchev–Trinajstić information content (AvgIpc) is 1.58. The predicted octanol–water partition coefficient (Wildman–Crippen LogP) is 1.39. The molecule has 0 aromatic carbocycles. The van der Waals surface area contributed by atoms with Crippen molar-refractivity contribution < 1.29 is 0 Å². The van der Waals surface area contributed by atoms with Crippen molar-refractivity contribution in [3.05, 3.63) is 23.7 Å². The molecule has 0 N–H and O–H groups in total. The topological polar surface area (TPSA) is 0 Å². The van der Waals surface area contributed by atoms with Crippen LogP contribution in [0.2, 0.25) is 0 Å². The minimum atomic E-state index is 1.04. The maximum Gasteiger partial charge on any atom is 0.102 e. The molecular formula is C6H7B. The lowest BCUT2D eigenvalue weighted by molar-refractivity contribution is 0.870. The normalized spacial score (nSPS) is 18.9. The smallest absolute Gasteiger partial charge is 0.102 e. The lowest BCUT2D eigenvalue weighted by Crippen LogP contribution is -1.99. The summed E-state index contributed by atoms with van der Waals surface area (Å²) in [5, 5.41) is 0. The number of hydrogen-bond donors (Lipinski definition) is 0. The van der Waals surface area contributed by atoms with Crippen LogP contribution in [0, 0.1) is 0 Å². The molecule has 1 rings (SSSR count). The van der Waals surface area contributed by atoms with Crippen LogP contribution in [0.1, 0.15) is 12.8 Å². The van der Waals surface area contributed by atoms with Gasteiger partial charge in [0, 0.05) is 0 Å². The average molecular weight is 89.9 g/mol. The quantitative estimate of drug-likeness (QED) is 0.311. The molecule has 1 heteroatoms. The third-order valence-electron chi connectivity index (χ3n) is 1.19. The SMILES string of the molecule is [B]C=C1CC(=C)C1. The largest absolute Gasteiger partial charge is 0.132 e. The van der Waals surface area contributed by atoms with Gasteiger partial charge in [-0.1, -0.05) is 17.7 Å². The Morgan fingerprint density at radius 1 is 1.57 bits per heavy atom. The lowest BCUT2D eigenvalue weighted by atomic mass is 9.84.